The minimum Gasteiger partial charge on any atom is -0.463 e. The molecule has 0 rings (SSSR count). The van der Waals surface area contributed by atoms with Gasteiger partial charge in [0.15, 0.2) is 17.4 Å². The van der Waals surface area contributed by atoms with E-state index in [9.17, 15) is 4.79 Å². The van der Waals surface area contributed by atoms with Crippen LogP contribution in [-0.2, 0) is 13.6 Å². The third-order valence-corrected chi connectivity index (χ3v) is 6.85. The Morgan fingerprint density at radius 1 is 1.38 bits per heavy atom. The molecule has 0 aromatic carbocycles. The monoisotopic (exact) mass is 259 g/mol. The zero-order valence-electron chi connectivity index (χ0n) is 11.0. The van der Waals surface area contributed by atoms with Gasteiger partial charge < -0.3 is 8.85 Å². The Hall–Kier alpha value is -0.396. The number of carbonyl (C=O) groups is 1. The molecule has 0 heterocycles. The average Bonchev–Trinajstić information content (AvgIpc) is 2.12. The van der Waals surface area contributed by atoms with E-state index in [1.807, 2.05) is 13.0 Å². The van der Waals surface area contributed by atoms with E-state index in [2.05, 4.69) is 26.2 Å². The maximum absolute atomic E-state index is 11.2. The largest absolute Gasteiger partial charge is 0.463 e. The first kappa shape index (κ1) is 15.6. The average molecular weight is 259 g/mol. The highest BCUT2D eigenvalue weighted by Gasteiger charge is 2.22. The minimum atomic E-state index is -1.61. The summed E-state index contributed by atoms with van der Waals surface area (Å²) in [7, 11) is -2.26. The first-order valence-corrected chi connectivity index (χ1v) is 11.2. The quantitative estimate of drug-likeness (QED) is 0.400. The second-order valence-electron chi connectivity index (χ2n) is 4.54. The van der Waals surface area contributed by atoms with Crippen LogP contribution >= 0.6 is 0 Å². The van der Waals surface area contributed by atoms with Crippen LogP contribution in [0.4, 0.5) is 0 Å². The minimum absolute atomic E-state index is 0.245. The van der Waals surface area contributed by atoms with Crippen molar-refractivity contribution in [1.82, 2.24) is 0 Å². The van der Waals surface area contributed by atoms with Gasteiger partial charge in [0.25, 0.3) is 0 Å². The lowest BCUT2D eigenvalue weighted by molar-refractivity contribution is -0.137. The molecule has 0 bridgehead atoms. The van der Waals surface area contributed by atoms with Gasteiger partial charge in [-0.15, -0.1) is 0 Å². The molecule has 0 spiro atoms. The lowest BCUT2D eigenvalue weighted by Crippen LogP contribution is -2.34. The van der Waals surface area contributed by atoms with E-state index in [0.717, 1.165) is 12.5 Å². The first-order valence-electron chi connectivity index (χ1n) is 5.70. The Balaban J connectivity index is 3.93. The van der Waals surface area contributed by atoms with E-state index >= 15 is 0 Å². The van der Waals surface area contributed by atoms with Gasteiger partial charge in [0.1, 0.15) is 0 Å². The topological polar surface area (TPSA) is 35.5 Å². The molecular formula is C11H23O3Si2. The van der Waals surface area contributed by atoms with E-state index < -0.39 is 17.4 Å². The summed E-state index contributed by atoms with van der Waals surface area (Å²) in [5.41, 5.74) is 0. The summed E-state index contributed by atoms with van der Waals surface area (Å²) >= 11 is 0. The van der Waals surface area contributed by atoms with E-state index in [-0.39, 0.29) is 5.97 Å². The predicted octanol–water partition coefficient (Wildman–Crippen LogP) is 2.97. The van der Waals surface area contributed by atoms with Crippen LogP contribution in [0.1, 0.15) is 13.3 Å². The summed E-state index contributed by atoms with van der Waals surface area (Å²) in [6.45, 7) is 11.1. The summed E-state index contributed by atoms with van der Waals surface area (Å²) in [5, 5.41) is 0. The number of hydrogen-bond acceptors (Lipinski definition) is 3. The van der Waals surface area contributed by atoms with Gasteiger partial charge in [-0.1, -0.05) is 13.0 Å². The highest BCUT2D eigenvalue weighted by molar-refractivity contribution is 6.78. The van der Waals surface area contributed by atoms with Crippen molar-refractivity contribution in [3.05, 3.63) is 12.2 Å². The second kappa shape index (κ2) is 7.81. The van der Waals surface area contributed by atoms with Crippen LogP contribution in [0.5, 0.6) is 0 Å². The molecule has 0 aliphatic carbocycles. The molecule has 0 amide bonds. The fraction of sp³-hybridized carbons (Fsp3) is 0.727. The zero-order chi connectivity index (χ0) is 12.6. The van der Waals surface area contributed by atoms with Gasteiger partial charge in [0, 0.05) is 6.08 Å². The van der Waals surface area contributed by atoms with E-state index in [1.54, 1.807) is 0 Å². The van der Waals surface area contributed by atoms with Crippen LogP contribution in [-0.4, -0.2) is 29.9 Å². The molecule has 0 aliphatic heterocycles. The number of carbonyl (C=O) groups excluding carboxylic acids is 1. The van der Waals surface area contributed by atoms with E-state index in [1.165, 1.54) is 6.08 Å². The third-order valence-electron chi connectivity index (χ3n) is 1.79. The van der Waals surface area contributed by atoms with Crippen LogP contribution in [0.2, 0.25) is 32.2 Å². The SMILES string of the molecule is CCCOC(=O)C=CC[Si](C)(C)O[Si](C)C. The Bertz CT molecular complexity index is 237. The molecule has 0 saturated carbocycles. The molecule has 0 aliphatic rings. The number of esters is 1. The smallest absolute Gasteiger partial charge is 0.330 e. The van der Waals surface area contributed by atoms with Crippen LogP contribution in [0.3, 0.4) is 0 Å². The van der Waals surface area contributed by atoms with Crippen LogP contribution in [0.15, 0.2) is 12.2 Å². The summed E-state index contributed by atoms with van der Waals surface area (Å²) in [5.74, 6) is -0.245. The molecule has 3 nitrogen and oxygen atoms in total. The van der Waals surface area contributed by atoms with Crippen molar-refractivity contribution in [3.8, 4) is 0 Å². The molecule has 0 fully saturated rings. The molecule has 0 aromatic heterocycles. The van der Waals surface area contributed by atoms with Gasteiger partial charge in [-0.2, -0.15) is 0 Å². The zero-order valence-corrected chi connectivity index (χ0v) is 13.0. The Morgan fingerprint density at radius 2 is 2.00 bits per heavy atom. The molecule has 0 saturated heterocycles. The summed E-state index contributed by atoms with van der Waals surface area (Å²) in [4.78, 5) is 11.2. The fourth-order valence-corrected chi connectivity index (χ4v) is 6.72. The van der Waals surface area contributed by atoms with E-state index in [0.29, 0.717) is 6.61 Å². The number of ether oxygens (including phenoxy) is 1. The van der Waals surface area contributed by atoms with Crippen molar-refractivity contribution in [2.75, 3.05) is 6.61 Å². The molecule has 93 valence electrons. The summed E-state index contributed by atoms with van der Waals surface area (Å²) in [6, 6.07) is 0.865. The van der Waals surface area contributed by atoms with Crippen LogP contribution in [0, 0.1) is 0 Å². The molecule has 0 aromatic rings. The Morgan fingerprint density at radius 3 is 2.50 bits per heavy atom. The predicted molar refractivity (Wildman–Crippen MR) is 71.2 cm³/mol. The van der Waals surface area contributed by atoms with Crippen molar-refractivity contribution in [2.45, 2.75) is 45.6 Å². The molecule has 1 radical (unpaired) electrons. The fourth-order valence-electron chi connectivity index (χ4n) is 1.28. The Kier molecular flexibility index (Phi) is 7.62. The summed E-state index contributed by atoms with van der Waals surface area (Å²) in [6.07, 6.45) is 4.26. The van der Waals surface area contributed by atoms with Gasteiger partial charge in [-0.3, -0.25) is 0 Å². The Labute approximate surface area is 102 Å². The lowest BCUT2D eigenvalue weighted by atomic mass is 10.5. The lowest BCUT2D eigenvalue weighted by Gasteiger charge is -2.23. The van der Waals surface area contributed by atoms with Crippen LogP contribution in [0.25, 0.3) is 0 Å². The van der Waals surface area contributed by atoms with Crippen molar-refractivity contribution in [2.24, 2.45) is 0 Å². The molecule has 0 N–H and O–H groups in total. The van der Waals surface area contributed by atoms with Crippen molar-refractivity contribution in [3.63, 3.8) is 0 Å². The van der Waals surface area contributed by atoms with Gasteiger partial charge in [0.05, 0.1) is 6.61 Å². The highest BCUT2D eigenvalue weighted by atomic mass is 28.4. The summed E-state index contributed by atoms with van der Waals surface area (Å²) < 4.78 is 10.9. The van der Waals surface area contributed by atoms with Gasteiger partial charge >= 0.3 is 5.97 Å². The molecule has 0 unspecified atom stereocenters. The van der Waals surface area contributed by atoms with Crippen molar-refractivity contribution in [1.29, 1.82) is 0 Å². The number of hydrogen-bond donors (Lipinski definition) is 0. The maximum atomic E-state index is 11.2. The standard InChI is InChI=1S/C11H23O3Si2/c1-6-9-13-11(12)8-7-10-16(4,5)14-15(2)3/h7-8H,6,9-10H2,1-5H3. The van der Waals surface area contributed by atoms with Gasteiger partial charge in [-0.25, -0.2) is 4.79 Å². The van der Waals surface area contributed by atoms with Crippen LogP contribution < -0.4 is 0 Å². The molecule has 5 heteroatoms. The highest BCUT2D eigenvalue weighted by Crippen LogP contribution is 2.13. The van der Waals surface area contributed by atoms with Crippen molar-refractivity contribution < 1.29 is 13.6 Å². The molecule has 0 atom stereocenters. The third kappa shape index (κ3) is 8.88. The normalized spacial score (nSPS) is 12.4. The number of rotatable bonds is 7. The first-order chi connectivity index (χ1) is 7.37. The molecule has 16 heavy (non-hydrogen) atoms. The van der Waals surface area contributed by atoms with Gasteiger partial charge in [-0.05, 0) is 38.7 Å². The maximum Gasteiger partial charge on any atom is 0.330 e. The second-order valence-corrected chi connectivity index (χ2v) is 11.1. The number of allylic oxidation sites excluding steroid dienone is 1. The van der Waals surface area contributed by atoms with Gasteiger partial charge in [0.2, 0.25) is 0 Å². The van der Waals surface area contributed by atoms with E-state index in [4.69, 9.17) is 8.85 Å². The molecular weight excluding hydrogens is 236 g/mol. The van der Waals surface area contributed by atoms with Crippen molar-refractivity contribution >= 4 is 23.3 Å².